The third-order valence-corrected chi connectivity index (χ3v) is 4.13. The third kappa shape index (κ3) is 4.29. The third-order valence-electron chi connectivity index (χ3n) is 3.43. The second kappa shape index (κ2) is 7.88. The molecule has 0 saturated carbocycles. The molecule has 0 spiro atoms. The molecule has 2 aromatic carbocycles. The van der Waals surface area contributed by atoms with Crippen LogP contribution in [-0.4, -0.2) is 16.5 Å². The average molecular weight is 387 g/mol. The van der Waals surface area contributed by atoms with Gasteiger partial charge in [0.05, 0.1) is 5.69 Å². The van der Waals surface area contributed by atoms with E-state index in [-0.39, 0.29) is 5.82 Å². The summed E-state index contributed by atoms with van der Waals surface area (Å²) >= 11 is 3.48. The fourth-order valence-corrected chi connectivity index (χ4v) is 2.61. The number of anilines is 3. The number of benzene rings is 2. The maximum atomic E-state index is 13.6. The summed E-state index contributed by atoms with van der Waals surface area (Å²) in [7, 11) is 0. The Kier molecular flexibility index (Phi) is 5.38. The minimum Gasteiger partial charge on any atom is -0.370 e. The molecule has 0 atom stereocenters. The van der Waals surface area contributed by atoms with Crippen LogP contribution >= 0.6 is 15.9 Å². The number of aromatic nitrogens is 2. The van der Waals surface area contributed by atoms with Gasteiger partial charge in [-0.1, -0.05) is 30.3 Å². The van der Waals surface area contributed by atoms with Crippen molar-refractivity contribution in [1.29, 1.82) is 0 Å². The highest BCUT2D eigenvalue weighted by molar-refractivity contribution is 9.10. The number of nitrogens with one attached hydrogen (secondary N) is 2. The van der Waals surface area contributed by atoms with Gasteiger partial charge in [0.25, 0.3) is 0 Å². The zero-order valence-electron chi connectivity index (χ0n) is 12.8. The first kappa shape index (κ1) is 16.4. The number of halogens is 2. The summed E-state index contributed by atoms with van der Waals surface area (Å²) in [5.41, 5.74) is 1.58. The van der Waals surface area contributed by atoms with Crippen LogP contribution < -0.4 is 10.6 Å². The minimum absolute atomic E-state index is 0.182. The van der Waals surface area contributed by atoms with Crippen LogP contribution in [0.1, 0.15) is 5.56 Å². The van der Waals surface area contributed by atoms with Gasteiger partial charge in [-0.15, -0.1) is 0 Å². The number of nitrogens with zero attached hydrogens (tertiary/aromatic N) is 2. The molecule has 0 aliphatic rings. The Hall–Kier alpha value is -2.47. The van der Waals surface area contributed by atoms with Crippen LogP contribution in [0.2, 0.25) is 0 Å². The number of rotatable bonds is 6. The van der Waals surface area contributed by atoms with Crippen molar-refractivity contribution in [2.24, 2.45) is 0 Å². The highest BCUT2D eigenvalue weighted by Crippen LogP contribution is 2.24. The molecule has 0 aliphatic heterocycles. The standard InChI is InChI=1S/C18H16BrFN4/c19-14-6-2-4-8-16(14)23-18-22-12-10-17(24-18)21-11-9-13-5-1-3-7-15(13)20/h1-8,10,12H,9,11H2,(H2,21,22,23,24). The van der Waals surface area contributed by atoms with E-state index in [0.717, 1.165) is 10.2 Å². The number of para-hydroxylation sites is 1. The molecule has 0 aliphatic carbocycles. The van der Waals surface area contributed by atoms with Crippen LogP contribution in [0.15, 0.2) is 65.3 Å². The Labute approximate surface area is 148 Å². The normalized spacial score (nSPS) is 10.4. The lowest BCUT2D eigenvalue weighted by molar-refractivity contribution is 0.610. The summed E-state index contributed by atoms with van der Waals surface area (Å²) in [5.74, 6) is 1.01. The molecule has 1 heterocycles. The van der Waals surface area contributed by atoms with Crippen LogP contribution in [0, 0.1) is 5.82 Å². The van der Waals surface area contributed by atoms with Crippen LogP contribution in [0.3, 0.4) is 0 Å². The van der Waals surface area contributed by atoms with Crippen molar-refractivity contribution in [2.75, 3.05) is 17.2 Å². The summed E-state index contributed by atoms with van der Waals surface area (Å²) in [6.07, 6.45) is 2.27. The van der Waals surface area contributed by atoms with Crippen molar-refractivity contribution in [3.8, 4) is 0 Å². The lowest BCUT2D eigenvalue weighted by Gasteiger charge is -2.09. The topological polar surface area (TPSA) is 49.8 Å². The largest absolute Gasteiger partial charge is 0.370 e. The highest BCUT2D eigenvalue weighted by atomic mass is 79.9. The van der Waals surface area contributed by atoms with Crippen molar-refractivity contribution in [1.82, 2.24) is 9.97 Å². The van der Waals surface area contributed by atoms with Gasteiger partial charge >= 0.3 is 0 Å². The fraction of sp³-hybridized carbons (Fsp3) is 0.111. The molecule has 2 N–H and O–H groups in total. The molecular formula is C18H16BrFN4. The molecule has 4 nitrogen and oxygen atoms in total. The van der Waals surface area contributed by atoms with Crippen LogP contribution in [0.25, 0.3) is 0 Å². The van der Waals surface area contributed by atoms with Crippen LogP contribution in [0.4, 0.5) is 21.8 Å². The lowest BCUT2D eigenvalue weighted by atomic mass is 10.1. The van der Waals surface area contributed by atoms with E-state index in [1.807, 2.05) is 30.3 Å². The van der Waals surface area contributed by atoms with E-state index < -0.39 is 0 Å². The first-order valence-corrected chi connectivity index (χ1v) is 8.33. The van der Waals surface area contributed by atoms with Gasteiger partial charge in [0.1, 0.15) is 11.6 Å². The molecule has 0 radical (unpaired) electrons. The summed E-state index contributed by atoms with van der Waals surface area (Å²) in [6.45, 7) is 0.590. The van der Waals surface area contributed by atoms with E-state index in [1.54, 1.807) is 24.4 Å². The Morgan fingerprint density at radius 1 is 1.00 bits per heavy atom. The molecule has 0 amide bonds. The summed E-state index contributed by atoms with van der Waals surface area (Å²) < 4.78 is 14.5. The van der Waals surface area contributed by atoms with Gasteiger partial charge in [-0.3, -0.25) is 0 Å². The molecule has 3 rings (SSSR count). The lowest BCUT2D eigenvalue weighted by Crippen LogP contribution is -2.08. The van der Waals surface area contributed by atoms with Crippen molar-refractivity contribution in [3.05, 3.63) is 76.6 Å². The van der Waals surface area contributed by atoms with E-state index >= 15 is 0 Å². The number of hydrogen-bond acceptors (Lipinski definition) is 4. The summed E-state index contributed by atoms with van der Waals surface area (Å²) in [5, 5.41) is 6.35. The molecule has 0 saturated heterocycles. The molecule has 6 heteroatoms. The molecule has 0 unspecified atom stereocenters. The number of hydrogen-bond donors (Lipinski definition) is 2. The highest BCUT2D eigenvalue weighted by Gasteiger charge is 2.04. The monoisotopic (exact) mass is 386 g/mol. The molecular weight excluding hydrogens is 371 g/mol. The average Bonchev–Trinajstić information content (AvgIpc) is 2.59. The van der Waals surface area contributed by atoms with Crippen molar-refractivity contribution < 1.29 is 4.39 Å². The predicted molar refractivity (Wildman–Crippen MR) is 98.1 cm³/mol. The maximum absolute atomic E-state index is 13.6. The fourth-order valence-electron chi connectivity index (χ4n) is 2.23. The van der Waals surface area contributed by atoms with E-state index in [9.17, 15) is 4.39 Å². The van der Waals surface area contributed by atoms with Gasteiger partial charge in [-0.2, -0.15) is 4.98 Å². The molecule has 1 aromatic heterocycles. The smallest absolute Gasteiger partial charge is 0.229 e. The van der Waals surface area contributed by atoms with E-state index in [4.69, 9.17) is 0 Å². The first-order valence-electron chi connectivity index (χ1n) is 7.54. The van der Waals surface area contributed by atoms with Crippen molar-refractivity contribution in [2.45, 2.75) is 6.42 Å². The Morgan fingerprint density at radius 3 is 2.62 bits per heavy atom. The first-order chi connectivity index (χ1) is 11.7. The van der Waals surface area contributed by atoms with Crippen LogP contribution in [-0.2, 0) is 6.42 Å². The second-order valence-corrected chi connectivity index (χ2v) is 5.99. The zero-order chi connectivity index (χ0) is 16.8. The molecule has 24 heavy (non-hydrogen) atoms. The predicted octanol–water partition coefficient (Wildman–Crippen LogP) is 4.78. The zero-order valence-corrected chi connectivity index (χ0v) is 14.4. The van der Waals surface area contributed by atoms with Crippen molar-refractivity contribution in [3.63, 3.8) is 0 Å². The second-order valence-electron chi connectivity index (χ2n) is 5.14. The molecule has 3 aromatic rings. The quantitative estimate of drug-likeness (QED) is 0.640. The van der Waals surface area contributed by atoms with Gasteiger partial charge in [0.2, 0.25) is 5.95 Å². The van der Waals surface area contributed by atoms with Gasteiger partial charge in [0, 0.05) is 17.2 Å². The molecule has 0 bridgehead atoms. The van der Waals surface area contributed by atoms with Crippen LogP contribution in [0.5, 0.6) is 0 Å². The van der Waals surface area contributed by atoms with Gasteiger partial charge in [-0.25, -0.2) is 9.37 Å². The van der Waals surface area contributed by atoms with E-state index in [2.05, 4.69) is 36.5 Å². The maximum Gasteiger partial charge on any atom is 0.229 e. The molecule has 0 fully saturated rings. The van der Waals surface area contributed by atoms with E-state index in [0.29, 0.717) is 30.3 Å². The Balaban J connectivity index is 1.61. The summed E-state index contributed by atoms with van der Waals surface area (Å²) in [4.78, 5) is 8.63. The molecule has 122 valence electrons. The van der Waals surface area contributed by atoms with E-state index in [1.165, 1.54) is 6.07 Å². The Bertz CT molecular complexity index is 825. The minimum atomic E-state index is -0.182. The SMILES string of the molecule is Fc1ccccc1CCNc1ccnc(Nc2ccccc2Br)n1. The van der Waals surface area contributed by atoms with Gasteiger partial charge in [-0.05, 0) is 52.2 Å². The van der Waals surface area contributed by atoms with Gasteiger partial charge < -0.3 is 10.6 Å². The van der Waals surface area contributed by atoms with Gasteiger partial charge in [0.15, 0.2) is 0 Å². The van der Waals surface area contributed by atoms with Crippen molar-refractivity contribution >= 4 is 33.4 Å². The Morgan fingerprint density at radius 2 is 1.79 bits per heavy atom. The summed E-state index contributed by atoms with van der Waals surface area (Å²) in [6, 6.07) is 16.3.